The van der Waals surface area contributed by atoms with Gasteiger partial charge in [-0.1, -0.05) is 6.92 Å². The second kappa shape index (κ2) is 5.79. The predicted octanol–water partition coefficient (Wildman–Crippen LogP) is 1.74. The van der Waals surface area contributed by atoms with E-state index >= 15 is 0 Å². The third-order valence-electron chi connectivity index (χ3n) is 3.46. The molecule has 1 aliphatic heterocycles. The van der Waals surface area contributed by atoms with Gasteiger partial charge in [0.05, 0.1) is 26.4 Å². The molecule has 0 atom stereocenters. The molecule has 7 heteroatoms. The first-order valence-electron chi connectivity index (χ1n) is 7.51. The van der Waals surface area contributed by atoms with Gasteiger partial charge in [0.15, 0.2) is 5.75 Å². The van der Waals surface area contributed by atoms with E-state index in [-0.39, 0.29) is 13.1 Å². The van der Waals surface area contributed by atoms with Gasteiger partial charge in [-0.05, 0) is 27.2 Å². The normalized spacial score (nSPS) is 17.1. The van der Waals surface area contributed by atoms with Gasteiger partial charge < -0.3 is 19.5 Å². The maximum Gasteiger partial charge on any atom is 0.410 e. The maximum atomic E-state index is 12.0. The average Bonchev–Trinajstić information content (AvgIpc) is 2.76. The van der Waals surface area contributed by atoms with Crippen molar-refractivity contribution in [2.75, 3.05) is 20.2 Å². The maximum absolute atomic E-state index is 12.0. The summed E-state index contributed by atoms with van der Waals surface area (Å²) in [4.78, 5) is 13.5. The van der Waals surface area contributed by atoms with Crippen molar-refractivity contribution >= 4 is 6.09 Å². The minimum atomic E-state index is -1.14. The number of aromatic nitrogens is 2. The minimum Gasteiger partial charge on any atom is -0.493 e. The Hall–Kier alpha value is -1.76. The number of nitrogens with zero attached hydrogens (tertiary/aromatic N) is 3. The summed E-state index contributed by atoms with van der Waals surface area (Å²) in [6.07, 6.45) is 2.07. The van der Waals surface area contributed by atoms with Crippen LogP contribution in [-0.2, 0) is 16.9 Å². The highest BCUT2D eigenvalue weighted by Gasteiger charge is 2.50. The molecule has 0 aromatic carbocycles. The van der Waals surface area contributed by atoms with Crippen LogP contribution in [0.4, 0.5) is 4.79 Å². The fourth-order valence-electron chi connectivity index (χ4n) is 2.56. The van der Waals surface area contributed by atoms with E-state index in [0.29, 0.717) is 18.0 Å². The molecule has 2 rings (SSSR count). The molecule has 1 aromatic heterocycles. The number of hydrogen-bond acceptors (Lipinski definition) is 5. The molecule has 1 aromatic rings. The van der Waals surface area contributed by atoms with E-state index in [1.54, 1.807) is 18.0 Å². The van der Waals surface area contributed by atoms with Gasteiger partial charge in [0.2, 0.25) is 0 Å². The smallest absolute Gasteiger partial charge is 0.410 e. The lowest BCUT2D eigenvalue weighted by Gasteiger charge is -2.46. The first kappa shape index (κ1) is 16.6. The van der Waals surface area contributed by atoms with Crippen LogP contribution < -0.4 is 4.74 Å². The summed E-state index contributed by atoms with van der Waals surface area (Å²) in [6, 6.07) is 0. The third kappa shape index (κ3) is 3.19. The molecule has 0 spiro atoms. The fourth-order valence-corrected chi connectivity index (χ4v) is 2.56. The van der Waals surface area contributed by atoms with Crippen molar-refractivity contribution in [1.29, 1.82) is 0 Å². The van der Waals surface area contributed by atoms with Gasteiger partial charge in [-0.2, -0.15) is 5.10 Å². The largest absolute Gasteiger partial charge is 0.493 e. The molecule has 2 heterocycles. The summed E-state index contributed by atoms with van der Waals surface area (Å²) >= 11 is 0. The van der Waals surface area contributed by atoms with E-state index in [1.807, 2.05) is 27.7 Å². The number of methoxy groups -OCH3 is 1. The van der Waals surface area contributed by atoms with Crippen molar-refractivity contribution in [2.24, 2.45) is 0 Å². The van der Waals surface area contributed by atoms with Gasteiger partial charge in [0, 0.05) is 6.54 Å². The number of ether oxygens (including phenoxy) is 2. The Morgan fingerprint density at radius 1 is 1.45 bits per heavy atom. The third-order valence-corrected chi connectivity index (χ3v) is 3.46. The zero-order valence-electron chi connectivity index (χ0n) is 13.9. The van der Waals surface area contributed by atoms with E-state index in [2.05, 4.69) is 5.10 Å². The van der Waals surface area contributed by atoms with E-state index in [4.69, 9.17) is 9.47 Å². The van der Waals surface area contributed by atoms with Crippen LogP contribution in [0, 0.1) is 0 Å². The number of likely N-dealkylation sites (tertiary alicyclic amines) is 1. The van der Waals surface area contributed by atoms with Gasteiger partial charge in [-0.3, -0.25) is 4.68 Å². The number of amides is 1. The molecular weight excluding hydrogens is 286 g/mol. The summed E-state index contributed by atoms with van der Waals surface area (Å²) in [5.74, 6) is 0.541. The topological polar surface area (TPSA) is 76.8 Å². The molecule has 1 saturated heterocycles. The Labute approximate surface area is 130 Å². The minimum absolute atomic E-state index is 0.174. The van der Waals surface area contributed by atoms with E-state index in [1.165, 1.54) is 4.90 Å². The van der Waals surface area contributed by atoms with Crippen molar-refractivity contribution in [2.45, 2.75) is 51.9 Å². The molecule has 0 radical (unpaired) electrons. The van der Waals surface area contributed by atoms with Crippen molar-refractivity contribution in [3.05, 3.63) is 11.9 Å². The number of carbonyl (C=O) groups excluding carboxylic acids is 1. The molecular formula is C15H25N3O4. The zero-order valence-corrected chi connectivity index (χ0v) is 13.9. The molecule has 22 heavy (non-hydrogen) atoms. The Balaban J connectivity index is 2.12. The lowest BCUT2D eigenvalue weighted by atomic mass is 9.90. The van der Waals surface area contributed by atoms with Gasteiger partial charge in [-0.15, -0.1) is 0 Å². The van der Waals surface area contributed by atoms with Crippen LogP contribution in [-0.4, -0.2) is 51.7 Å². The van der Waals surface area contributed by atoms with Gasteiger partial charge in [-0.25, -0.2) is 4.79 Å². The zero-order chi connectivity index (χ0) is 16.5. The van der Waals surface area contributed by atoms with Crippen LogP contribution in [0.5, 0.6) is 5.75 Å². The van der Waals surface area contributed by atoms with Crippen molar-refractivity contribution < 1.29 is 19.4 Å². The fraction of sp³-hybridized carbons (Fsp3) is 0.733. The first-order valence-corrected chi connectivity index (χ1v) is 7.51. The van der Waals surface area contributed by atoms with Crippen LogP contribution in [0.15, 0.2) is 6.20 Å². The van der Waals surface area contributed by atoms with E-state index in [0.717, 1.165) is 6.42 Å². The van der Waals surface area contributed by atoms with E-state index in [9.17, 15) is 9.90 Å². The highest BCUT2D eigenvalue weighted by atomic mass is 16.6. The average molecular weight is 311 g/mol. The monoisotopic (exact) mass is 311 g/mol. The molecule has 1 amide bonds. The number of hydrogen-bond donors (Lipinski definition) is 1. The summed E-state index contributed by atoms with van der Waals surface area (Å²) in [6.45, 7) is 8.52. The molecule has 7 nitrogen and oxygen atoms in total. The summed E-state index contributed by atoms with van der Waals surface area (Å²) in [5.41, 5.74) is -1.07. The highest BCUT2D eigenvalue weighted by Crippen LogP contribution is 2.38. The number of aryl methyl sites for hydroxylation is 1. The molecule has 0 saturated carbocycles. The standard InChI is InChI=1S/C15H25N3O4/c1-6-7-18-12(11(21-5)8-16-18)15(20)9-17(10-15)13(19)22-14(2,3)4/h8,20H,6-7,9-10H2,1-5H3. The first-order chi connectivity index (χ1) is 10.2. The van der Waals surface area contributed by atoms with Crippen molar-refractivity contribution in [3.8, 4) is 5.75 Å². The number of β-amino-alcohol motifs (C(OH)–C–C–N with tert-alkyl or cyclic N) is 1. The quantitative estimate of drug-likeness (QED) is 0.916. The lowest BCUT2D eigenvalue weighted by Crippen LogP contribution is -2.62. The van der Waals surface area contributed by atoms with Crippen LogP contribution in [0.1, 0.15) is 39.8 Å². The lowest BCUT2D eigenvalue weighted by molar-refractivity contribution is -0.109. The van der Waals surface area contributed by atoms with Crippen molar-refractivity contribution in [3.63, 3.8) is 0 Å². The SMILES string of the molecule is CCCn1ncc(OC)c1C1(O)CN(C(=O)OC(C)(C)C)C1. The molecule has 1 N–H and O–H groups in total. The van der Waals surface area contributed by atoms with Crippen molar-refractivity contribution in [1.82, 2.24) is 14.7 Å². The summed E-state index contributed by atoms with van der Waals surface area (Å²) in [7, 11) is 1.55. The second-order valence-electron chi connectivity index (χ2n) is 6.65. The summed E-state index contributed by atoms with van der Waals surface area (Å²) < 4.78 is 12.3. The van der Waals surface area contributed by atoms with Crippen LogP contribution in [0.3, 0.4) is 0 Å². The van der Waals surface area contributed by atoms with E-state index < -0.39 is 17.3 Å². The van der Waals surface area contributed by atoms with Crippen LogP contribution in [0.25, 0.3) is 0 Å². The molecule has 1 aliphatic rings. The van der Waals surface area contributed by atoms with Gasteiger partial charge >= 0.3 is 6.09 Å². The Morgan fingerprint density at radius 2 is 2.09 bits per heavy atom. The summed E-state index contributed by atoms with van der Waals surface area (Å²) in [5, 5.41) is 15.1. The number of carbonyl (C=O) groups is 1. The number of aliphatic hydroxyl groups is 1. The second-order valence-corrected chi connectivity index (χ2v) is 6.65. The molecule has 0 unspecified atom stereocenters. The molecule has 0 bridgehead atoms. The van der Waals surface area contributed by atoms with Gasteiger partial charge in [0.25, 0.3) is 0 Å². The highest BCUT2D eigenvalue weighted by molar-refractivity contribution is 5.70. The predicted molar refractivity (Wildman–Crippen MR) is 80.8 cm³/mol. The van der Waals surface area contributed by atoms with Crippen LogP contribution >= 0.6 is 0 Å². The molecule has 124 valence electrons. The molecule has 1 fully saturated rings. The molecule has 0 aliphatic carbocycles. The van der Waals surface area contributed by atoms with Crippen LogP contribution in [0.2, 0.25) is 0 Å². The Kier molecular flexibility index (Phi) is 4.37. The van der Waals surface area contributed by atoms with Gasteiger partial charge in [0.1, 0.15) is 16.9 Å². The Morgan fingerprint density at radius 3 is 2.59 bits per heavy atom. The Bertz CT molecular complexity index is 541. The number of rotatable bonds is 4.